The van der Waals surface area contributed by atoms with Gasteiger partial charge in [0.15, 0.2) is 0 Å². The Balaban J connectivity index is 0.00000169. The van der Waals surface area contributed by atoms with Crippen molar-refractivity contribution in [3.63, 3.8) is 0 Å². The summed E-state index contributed by atoms with van der Waals surface area (Å²) in [5.74, 6) is 0.0300. The number of hydrogen-bond acceptors (Lipinski definition) is 1. The van der Waals surface area contributed by atoms with E-state index in [2.05, 4.69) is 14.6 Å². The van der Waals surface area contributed by atoms with Gasteiger partial charge in [0.2, 0.25) is 5.91 Å². The fraction of sp³-hybridized carbons (Fsp3) is 0.300. The minimum Gasteiger partial charge on any atom is -0.325 e. The summed E-state index contributed by atoms with van der Waals surface area (Å²) < 4.78 is 0. The number of nitrogens with one attached hydrogen (secondary N) is 1. The Morgan fingerprint density at radius 1 is 1.36 bits per heavy atom. The Kier molecular flexibility index (Phi) is 5.98. The molecule has 1 aromatic rings. The van der Waals surface area contributed by atoms with Gasteiger partial charge in [0.1, 0.15) is 0 Å². The lowest BCUT2D eigenvalue weighted by molar-refractivity contribution is -0.113. The van der Waals surface area contributed by atoms with Crippen molar-refractivity contribution >= 4 is 37.8 Å². The Bertz CT molecular complexity index is 308. The Labute approximate surface area is 97.4 Å². The van der Waals surface area contributed by atoms with Crippen LogP contribution in [0, 0.1) is 13.8 Å². The predicted molar refractivity (Wildman–Crippen MR) is 69.4 cm³/mol. The predicted octanol–water partition coefficient (Wildman–Crippen LogP) is 2.69. The van der Waals surface area contributed by atoms with Crippen LogP contribution in [0.15, 0.2) is 18.2 Å². The molecule has 1 unspecified atom stereocenters. The minimum atomic E-state index is 0. The van der Waals surface area contributed by atoms with Crippen LogP contribution >= 0.6 is 26.2 Å². The molecule has 0 spiro atoms. The van der Waals surface area contributed by atoms with Gasteiger partial charge in [0, 0.05) is 11.8 Å². The highest BCUT2D eigenvalue weighted by atomic mass is 79.9. The van der Waals surface area contributed by atoms with Gasteiger partial charge in [-0.05, 0) is 25.0 Å². The molecule has 0 aliphatic rings. The number of rotatable bonds is 2. The Morgan fingerprint density at radius 2 is 1.86 bits per heavy atom. The summed E-state index contributed by atoms with van der Waals surface area (Å²) in [5.41, 5.74) is 3.15. The number of carbonyl (C=O) groups is 1. The first-order chi connectivity index (χ1) is 6.15. The number of amides is 1. The topological polar surface area (TPSA) is 29.1 Å². The van der Waals surface area contributed by atoms with Crippen molar-refractivity contribution in [2.45, 2.75) is 13.8 Å². The highest BCUT2D eigenvalue weighted by Gasteiger charge is 2.04. The first-order valence-corrected chi connectivity index (χ1v) is 5.03. The van der Waals surface area contributed by atoms with Gasteiger partial charge in [0.25, 0.3) is 0 Å². The van der Waals surface area contributed by atoms with Gasteiger partial charge in [-0.15, -0.1) is 26.2 Å². The minimum absolute atomic E-state index is 0. The average molecular weight is 276 g/mol. The van der Waals surface area contributed by atoms with Crippen LogP contribution in [0.2, 0.25) is 0 Å². The van der Waals surface area contributed by atoms with Gasteiger partial charge < -0.3 is 5.32 Å². The SMILES string of the molecule is Br.Cc1cccc(C)c1NC(=O)CP. The molecule has 4 heteroatoms. The molecular weight excluding hydrogens is 261 g/mol. The van der Waals surface area contributed by atoms with Crippen LogP contribution in [-0.4, -0.2) is 12.1 Å². The molecule has 1 rings (SSSR count). The number of para-hydroxylation sites is 1. The van der Waals surface area contributed by atoms with E-state index < -0.39 is 0 Å². The molecule has 1 amide bonds. The van der Waals surface area contributed by atoms with Crippen LogP contribution in [0.4, 0.5) is 5.69 Å². The van der Waals surface area contributed by atoms with Gasteiger partial charge in [-0.25, -0.2) is 0 Å². The first kappa shape index (κ1) is 13.6. The van der Waals surface area contributed by atoms with E-state index in [4.69, 9.17) is 0 Å². The Morgan fingerprint density at radius 3 is 2.29 bits per heavy atom. The van der Waals surface area contributed by atoms with Crippen LogP contribution < -0.4 is 5.32 Å². The molecule has 0 aromatic heterocycles. The summed E-state index contributed by atoms with van der Waals surface area (Å²) in [6.45, 7) is 3.98. The molecule has 0 aliphatic heterocycles. The van der Waals surface area contributed by atoms with Crippen molar-refractivity contribution in [3.8, 4) is 0 Å². The molecule has 0 fully saturated rings. The molecule has 0 heterocycles. The van der Waals surface area contributed by atoms with E-state index in [0.29, 0.717) is 6.16 Å². The molecule has 14 heavy (non-hydrogen) atoms. The zero-order valence-electron chi connectivity index (χ0n) is 8.33. The number of hydrogen-bond donors (Lipinski definition) is 1. The summed E-state index contributed by atoms with van der Waals surface area (Å²) >= 11 is 0. The van der Waals surface area contributed by atoms with Gasteiger partial charge in [0.05, 0.1) is 0 Å². The summed E-state index contributed by atoms with van der Waals surface area (Å²) in [6.07, 6.45) is 0.438. The maximum absolute atomic E-state index is 11.2. The van der Waals surface area contributed by atoms with Gasteiger partial charge in [-0.1, -0.05) is 18.2 Å². The second-order valence-electron chi connectivity index (χ2n) is 3.02. The van der Waals surface area contributed by atoms with Crippen LogP contribution in [-0.2, 0) is 4.79 Å². The van der Waals surface area contributed by atoms with Crippen LogP contribution in [0.5, 0.6) is 0 Å². The summed E-state index contributed by atoms with van der Waals surface area (Å²) in [6, 6.07) is 5.97. The van der Waals surface area contributed by atoms with E-state index in [-0.39, 0.29) is 22.9 Å². The van der Waals surface area contributed by atoms with Crippen molar-refractivity contribution in [2.75, 3.05) is 11.5 Å². The molecule has 1 atom stereocenters. The molecular formula is C10H15BrNOP. The standard InChI is InChI=1S/C10H14NOP.BrH/c1-7-4-3-5-8(2)10(7)11-9(12)6-13;/h3-5H,6,13H2,1-2H3,(H,11,12);1H. The van der Waals surface area contributed by atoms with E-state index in [1.807, 2.05) is 32.0 Å². The number of anilines is 1. The second kappa shape index (κ2) is 6.15. The number of benzene rings is 1. The Hall–Kier alpha value is -0.400. The molecule has 1 aromatic carbocycles. The first-order valence-electron chi connectivity index (χ1n) is 4.21. The molecule has 2 nitrogen and oxygen atoms in total. The van der Waals surface area contributed by atoms with E-state index in [9.17, 15) is 4.79 Å². The molecule has 0 aliphatic carbocycles. The van der Waals surface area contributed by atoms with Crippen LogP contribution in [0.1, 0.15) is 11.1 Å². The maximum atomic E-state index is 11.2. The van der Waals surface area contributed by atoms with E-state index in [1.54, 1.807) is 0 Å². The van der Waals surface area contributed by atoms with Crippen LogP contribution in [0.3, 0.4) is 0 Å². The third kappa shape index (κ3) is 3.39. The zero-order chi connectivity index (χ0) is 9.84. The van der Waals surface area contributed by atoms with Gasteiger partial charge >= 0.3 is 0 Å². The monoisotopic (exact) mass is 275 g/mol. The molecule has 0 saturated heterocycles. The second-order valence-corrected chi connectivity index (χ2v) is 3.43. The number of aryl methyl sites for hydroxylation is 2. The molecule has 0 bridgehead atoms. The fourth-order valence-corrected chi connectivity index (χ4v) is 1.30. The van der Waals surface area contributed by atoms with Crippen LogP contribution in [0.25, 0.3) is 0 Å². The lowest BCUT2D eigenvalue weighted by Gasteiger charge is -2.09. The summed E-state index contributed by atoms with van der Waals surface area (Å²) in [4.78, 5) is 11.2. The smallest absolute Gasteiger partial charge is 0.228 e. The molecule has 0 radical (unpaired) electrons. The third-order valence-electron chi connectivity index (χ3n) is 1.93. The highest BCUT2D eigenvalue weighted by Crippen LogP contribution is 2.19. The lowest BCUT2D eigenvalue weighted by atomic mass is 10.1. The van der Waals surface area contributed by atoms with Gasteiger partial charge in [-0.2, -0.15) is 0 Å². The van der Waals surface area contributed by atoms with Crippen molar-refractivity contribution in [3.05, 3.63) is 29.3 Å². The van der Waals surface area contributed by atoms with Gasteiger partial charge in [-0.3, -0.25) is 4.79 Å². The normalized spacial score (nSPS) is 9.07. The number of halogens is 1. The average Bonchev–Trinajstić information content (AvgIpc) is 2.11. The molecule has 1 N–H and O–H groups in total. The lowest BCUT2D eigenvalue weighted by Crippen LogP contribution is -2.14. The van der Waals surface area contributed by atoms with Crippen molar-refractivity contribution in [1.82, 2.24) is 0 Å². The zero-order valence-corrected chi connectivity index (χ0v) is 11.2. The highest BCUT2D eigenvalue weighted by molar-refractivity contribution is 8.93. The fourth-order valence-electron chi connectivity index (χ4n) is 1.20. The van der Waals surface area contributed by atoms with E-state index in [1.165, 1.54) is 0 Å². The van der Waals surface area contributed by atoms with Crippen molar-refractivity contribution in [1.29, 1.82) is 0 Å². The summed E-state index contributed by atoms with van der Waals surface area (Å²) in [7, 11) is 2.41. The summed E-state index contributed by atoms with van der Waals surface area (Å²) in [5, 5.41) is 2.87. The van der Waals surface area contributed by atoms with Crippen molar-refractivity contribution < 1.29 is 4.79 Å². The quantitative estimate of drug-likeness (QED) is 0.827. The van der Waals surface area contributed by atoms with E-state index in [0.717, 1.165) is 16.8 Å². The van der Waals surface area contributed by atoms with E-state index >= 15 is 0 Å². The largest absolute Gasteiger partial charge is 0.325 e. The molecule has 78 valence electrons. The molecule has 0 saturated carbocycles. The number of carbonyl (C=O) groups excluding carboxylic acids is 1. The maximum Gasteiger partial charge on any atom is 0.228 e. The third-order valence-corrected chi connectivity index (χ3v) is 2.30. The van der Waals surface area contributed by atoms with Crippen molar-refractivity contribution in [2.24, 2.45) is 0 Å².